The molecular formula is C11H14N2O5. The minimum absolute atomic E-state index is 0.212. The molecule has 1 rings (SSSR count). The van der Waals surface area contributed by atoms with E-state index in [-0.39, 0.29) is 11.5 Å². The Morgan fingerprint density at radius 1 is 1.50 bits per heavy atom. The van der Waals surface area contributed by atoms with Crippen LogP contribution in [0.3, 0.4) is 0 Å². The Kier molecular flexibility index (Phi) is 4.09. The molecule has 0 aromatic carbocycles. The van der Waals surface area contributed by atoms with Gasteiger partial charge in [0.05, 0.1) is 6.20 Å². The number of hydrogen-bond donors (Lipinski definition) is 2. The van der Waals surface area contributed by atoms with Crippen LogP contribution in [0.2, 0.25) is 0 Å². The van der Waals surface area contributed by atoms with Crippen molar-refractivity contribution in [3.63, 3.8) is 0 Å². The maximum atomic E-state index is 11.4. The van der Waals surface area contributed by atoms with E-state index in [4.69, 9.17) is 14.3 Å². The number of rotatable bonds is 3. The third-order valence-corrected chi connectivity index (χ3v) is 1.60. The highest BCUT2D eigenvalue weighted by atomic mass is 16.6. The molecular weight excluding hydrogens is 240 g/mol. The number of oxazole rings is 1. The lowest BCUT2D eigenvalue weighted by Gasteiger charge is -2.19. The van der Waals surface area contributed by atoms with Crippen LogP contribution in [0.15, 0.2) is 22.7 Å². The molecule has 1 aromatic rings. The van der Waals surface area contributed by atoms with Gasteiger partial charge in [0.1, 0.15) is 17.1 Å². The van der Waals surface area contributed by atoms with E-state index in [1.807, 2.05) is 0 Å². The minimum atomic E-state index is -1.31. The second-order valence-corrected chi connectivity index (χ2v) is 4.39. The summed E-state index contributed by atoms with van der Waals surface area (Å²) < 4.78 is 9.79. The quantitative estimate of drug-likeness (QED) is 0.795. The highest BCUT2D eigenvalue weighted by molar-refractivity contribution is 5.95. The number of aliphatic carboxylic acids is 1. The topological polar surface area (TPSA) is 102 Å². The monoisotopic (exact) mass is 254 g/mol. The number of carboxylic acid groups (broad SMARTS) is 1. The molecule has 1 aromatic heterocycles. The number of aromatic nitrogens is 1. The van der Waals surface area contributed by atoms with Crippen molar-refractivity contribution in [1.82, 2.24) is 10.3 Å². The Labute approximate surface area is 103 Å². The van der Waals surface area contributed by atoms with E-state index in [2.05, 4.69) is 10.3 Å². The van der Waals surface area contributed by atoms with Crippen molar-refractivity contribution in [2.75, 3.05) is 0 Å². The van der Waals surface area contributed by atoms with E-state index >= 15 is 0 Å². The summed E-state index contributed by atoms with van der Waals surface area (Å²) in [6.45, 7) is 5.02. The average molecular weight is 254 g/mol. The summed E-state index contributed by atoms with van der Waals surface area (Å²) >= 11 is 0. The molecule has 0 spiro atoms. The Balaban J connectivity index is 2.76. The predicted molar refractivity (Wildman–Crippen MR) is 61.5 cm³/mol. The molecule has 98 valence electrons. The van der Waals surface area contributed by atoms with Gasteiger partial charge in [-0.05, 0) is 20.8 Å². The number of nitrogens with zero attached hydrogens (tertiary/aromatic N) is 1. The normalized spacial score (nSPS) is 12.1. The van der Waals surface area contributed by atoms with Crippen LogP contribution in [0.1, 0.15) is 26.5 Å². The first-order valence-electron chi connectivity index (χ1n) is 5.11. The van der Waals surface area contributed by atoms with Gasteiger partial charge < -0.3 is 14.3 Å². The number of amides is 1. The summed E-state index contributed by atoms with van der Waals surface area (Å²) in [5, 5.41) is 11.0. The van der Waals surface area contributed by atoms with Crippen molar-refractivity contribution in [2.45, 2.75) is 26.4 Å². The van der Waals surface area contributed by atoms with Gasteiger partial charge in [0, 0.05) is 6.08 Å². The van der Waals surface area contributed by atoms with Crippen molar-refractivity contribution in [3.05, 3.63) is 24.0 Å². The van der Waals surface area contributed by atoms with Gasteiger partial charge >= 0.3 is 12.1 Å². The number of hydrogen-bond acceptors (Lipinski definition) is 5. The van der Waals surface area contributed by atoms with Crippen LogP contribution in [0.4, 0.5) is 4.79 Å². The minimum Gasteiger partial charge on any atom is -0.477 e. The lowest BCUT2D eigenvalue weighted by molar-refractivity contribution is -0.133. The third-order valence-electron chi connectivity index (χ3n) is 1.60. The van der Waals surface area contributed by atoms with Crippen molar-refractivity contribution in [3.8, 4) is 0 Å². The summed E-state index contributed by atoms with van der Waals surface area (Å²) in [5.41, 5.74) is -1.07. The lowest BCUT2D eigenvalue weighted by Crippen LogP contribution is -2.34. The Morgan fingerprint density at radius 2 is 2.17 bits per heavy atom. The van der Waals surface area contributed by atoms with Crippen molar-refractivity contribution in [2.24, 2.45) is 0 Å². The fraction of sp³-hybridized carbons (Fsp3) is 0.364. The van der Waals surface area contributed by atoms with Gasteiger partial charge in [-0.2, -0.15) is 0 Å². The molecule has 0 aliphatic rings. The first-order valence-corrected chi connectivity index (χ1v) is 5.11. The van der Waals surface area contributed by atoms with Gasteiger partial charge in [-0.25, -0.2) is 14.6 Å². The van der Waals surface area contributed by atoms with Crippen molar-refractivity contribution >= 4 is 18.1 Å². The van der Waals surface area contributed by atoms with Crippen LogP contribution in [-0.4, -0.2) is 27.8 Å². The summed E-state index contributed by atoms with van der Waals surface area (Å²) in [6.07, 6.45) is 2.76. The van der Waals surface area contributed by atoms with Crippen LogP contribution in [0.25, 0.3) is 6.08 Å². The summed E-state index contributed by atoms with van der Waals surface area (Å²) in [5.74, 6) is -1.10. The van der Waals surface area contributed by atoms with Gasteiger partial charge in [-0.15, -0.1) is 0 Å². The smallest absolute Gasteiger partial charge is 0.412 e. The molecule has 0 atom stereocenters. The fourth-order valence-electron chi connectivity index (χ4n) is 1.00. The average Bonchev–Trinajstić information content (AvgIpc) is 2.66. The standard InChI is InChI=1S/C11H14N2O5/c1-11(2,3)18-10(16)13-8(9(14)15)4-7-5-12-6-17-7/h4-6H,1-3H3,(H,13,16)(H,14,15)/b8-4+. The van der Waals surface area contributed by atoms with Gasteiger partial charge in [-0.1, -0.05) is 0 Å². The van der Waals surface area contributed by atoms with Crippen LogP contribution in [0.5, 0.6) is 0 Å². The SMILES string of the molecule is CC(C)(C)OC(=O)N/C(=C/c1cnco1)C(=O)O. The first kappa shape index (κ1) is 13.8. The van der Waals surface area contributed by atoms with Gasteiger partial charge in [0.2, 0.25) is 0 Å². The number of nitrogens with one attached hydrogen (secondary N) is 1. The van der Waals surface area contributed by atoms with Crippen LogP contribution in [-0.2, 0) is 9.53 Å². The Morgan fingerprint density at radius 3 is 2.61 bits per heavy atom. The zero-order chi connectivity index (χ0) is 13.8. The maximum Gasteiger partial charge on any atom is 0.412 e. The van der Waals surface area contributed by atoms with Crippen molar-refractivity contribution < 1.29 is 23.8 Å². The summed E-state index contributed by atoms with van der Waals surface area (Å²) in [4.78, 5) is 26.0. The highest BCUT2D eigenvalue weighted by Gasteiger charge is 2.19. The van der Waals surface area contributed by atoms with E-state index in [1.54, 1.807) is 20.8 Å². The van der Waals surface area contributed by atoms with E-state index in [0.29, 0.717) is 0 Å². The van der Waals surface area contributed by atoms with Crippen LogP contribution in [0, 0.1) is 0 Å². The molecule has 18 heavy (non-hydrogen) atoms. The number of alkyl carbamates (subject to hydrolysis) is 1. The largest absolute Gasteiger partial charge is 0.477 e. The number of ether oxygens (including phenoxy) is 1. The second kappa shape index (κ2) is 5.35. The molecule has 0 saturated heterocycles. The molecule has 0 radical (unpaired) electrons. The second-order valence-electron chi connectivity index (χ2n) is 4.39. The van der Waals surface area contributed by atoms with Gasteiger partial charge in [-0.3, -0.25) is 5.32 Å². The summed E-state index contributed by atoms with van der Waals surface area (Å²) in [7, 11) is 0. The van der Waals surface area contributed by atoms with Gasteiger partial charge in [0.25, 0.3) is 0 Å². The number of carboxylic acids is 1. The molecule has 1 heterocycles. The predicted octanol–water partition coefficient (Wildman–Crippen LogP) is 1.62. The van der Waals surface area contributed by atoms with E-state index in [0.717, 1.165) is 12.5 Å². The number of carbonyl (C=O) groups excluding carboxylic acids is 1. The highest BCUT2D eigenvalue weighted by Crippen LogP contribution is 2.09. The molecule has 2 N–H and O–H groups in total. The molecule has 0 aliphatic heterocycles. The Bertz CT molecular complexity index is 456. The van der Waals surface area contributed by atoms with E-state index < -0.39 is 17.7 Å². The molecule has 0 unspecified atom stereocenters. The Hall–Kier alpha value is -2.31. The third kappa shape index (κ3) is 4.69. The molecule has 0 fully saturated rings. The van der Waals surface area contributed by atoms with E-state index in [9.17, 15) is 9.59 Å². The molecule has 0 saturated carbocycles. The lowest BCUT2D eigenvalue weighted by atomic mass is 10.2. The maximum absolute atomic E-state index is 11.4. The van der Waals surface area contributed by atoms with Gasteiger partial charge in [0.15, 0.2) is 6.39 Å². The molecule has 1 amide bonds. The van der Waals surface area contributed by atoms with Crippen LogP contribution < -0.4 is 5.32 Å². The molecule has 0 bridgehead atoms. The molecule has 0 aliphatic carbocycles. The van der Waals surface area contributed by atoms with Crippen molar-refractivity contribution in [1.29, 1.82) is 0 Å². The zero-order valence-corrected chi connectivity index (χ0v) is 10.3. The zero-order valence-electron chi connectivity index (χ0n) is 10.3. The fourth-order valence-corrected chi connectivity index (χ4v) is 1.00. The first-order chi connectivity index (χ1) is 8.28. The van der Waals surface area contributed by atoms with E-state index in [1.165, 1.54) is 6.20 Å². The molecule has 7 heteroatoms. The molecule has 7 nitrogen and oxygen atoms in total. The van der Waals surface area contributed by atoms with Crippen LogP contribution >= 0.6 is 0 Å². The summed E-state index contributed by atoms with van der Waals surface area (Å²) in [6, 6.07) is 0. The number of carbonyl (C=O) groups is 2.